The number of hydrogen-bond acceptors (Lipinski definition) is 7. The van der Waals surface area contributed by atoms with Gasteiger partial charge in [-0.25, -0.2) is 10.2 Å². The first-order valence-electron chi connectivity index (χ1n) is 5.90. The van der Waals surface area contributed by atoms with Gasteiger partial charge >= 0.3 is 5.97 Å². The first-order chi connectivity index (χ1) is 10.6. The van der Waals surface area contributed by atoms with Crippen molar-refractivity contribution in [3.05, 3.63) is 22.7 Å². The van der Waals surface area contributed by atoms with E-state index in [4.69, 9.17) is 21.3 Å². The van der Waals surface area contributed by atoms with Crippen LogP contribution in [0.4, 0.5) is 5.69 Å². The van der Waals surface area contributed by atoms with E-state index in [1.807, 2.05) is 0 Å². The lowest BCUT2D eigenvalue weighted by atomic mass is 10.2. The van der Waals surface area contributed by atoms with Crippen LogP contribution in [0.1, 0.15) is 17.3 Å². The highest BCUT2D eigenvalue weighted by Crippen LogP contribution is 2.31. The largest absolute Gasteiger partial charge is 0.478 e. The number of nitrogens with zero attached hydrogens (tertiary/aromatic N) is 3. The maximum absolute atomic E-state index is 11.4. The Hall–Kier alpha value is -2.37. The molecule has 1 aromatic carbocycles. The van der Waals surface area contributed by atoms with E-state index < -0.39 is 38.5 Å². The molecule has 1 aliphatic heterocycles. The van der Waals surface area contributed by atoms with Gasteiger partial charge in [0.05, 0.1) is 16.3 Å². The van der Waals surface area contributed by atoms with E-state index in [0.717, 1.165) is 12.1 Å². The third kappa shape index (κ3) is 3.52. The Balaban J connectivity index is 2.49. The monoisotopic (exact) mass is 360 g/mol. The average Bonchev–Trinajstić information content (AvgIpc) is 2.75. The lowest BCUT2D eigenvalue weighted by Gasteiger charge is -2.06. The minimum absolute atomic E-state index is 0.177. The molecule has 0 bridgehead atoms. The van der Waals surface area contributed by atoms with Gasteiger partial charge < -0.3 is 5.11 Å². The predicted octanol–water partition coefficient (Wildman–Crippen LogP) is 1.24. The third-order valence-electron chi connectivity index (χ3n) is 2.82. The van der Waals surface area contributed by atoms with Gasteiger partial charge in [-0.1, -0.05) is 11.6 Å². The van der Waals surface area contributed by atoms with Gasteiger partial charge in [-0.05, 0) is 19.1 Å². The Labute approximate surface area is 134 Å². The maximum Gasteiger partial charge on any atom is 0.337 e. The van der Waals surface area contributed by atoms with Crippen LogP contribution in [0.2, 0.25) is 5.02 Å². The number of hydrazone groups is 1. The molecule has 0 spiro atoms. The van der Waals surface area contributed by atoms with Crippen molar-refractivity contribution in [1.29, 1.82) is 0 Å². The van der Waals surface area contributed by atoms with Crippen molar-refractivity contribution < 1.29 is 27.7 Å². The highest BCUT2D eigenvalue weighted by molar-refractivity contribution is 7.86. The van der Waals surface area contributed by atoms with Crippen LogP contribution in [0, 0.1) is 0 Å². The molecule has 1 aliphatic rings. The summed E-state index contributed by atoms with van der Waals surface area (Å²) in [5.74, 6) is -2.13. The molecule has 1 unspecified atom stereocenters. The second-order valence-electron chi connectivity index (χ2n) is 4.43. The van der Waals surface area contributed by atoms with Crippen LogP contribution in [-0.4, -0.2) is 41.7 Å². The molecule has 1 atom stereocenters. The Bertz CT molecular complexity index is 864. The lowest BCUT2D eigenvalue weighted by Crippen LogP contribution is -2.25. The predicted molar refractivity (Wildman–Crippen MR) is 77.8 cm³/mol. The van der Waals surface area contributed by atoms with E-state index in [-0.39, 0.29) is 10.7 Å². The fourth-order valence-electron chi connectivity index (χ4n) is 1.71. The summed E-state index contributed by atoms with van der Waals surface area (Å²) >= 11 is 5.82. The molecule has 0 radical (unpaired) electrons. The van der Waals surface area contributed by atoms with Gasteiger partial charge in [0.15, 0.2) is 6.04 Å². The number of halogens is 1. The van der Waals surface area contributed by atoms with Crippen molar-refractivity contribution in [3.63, 3.8) is 0 Å². The Morgan fingerprint density at radius 1 is 1.43 bits per heavy atom. The van der Waals surface area contributed by atoms with Gasteiger partial charge in [0.25, 0.3) is 16.0 Å². The summed E-state index contributed by atoms with van der Waals surface area (Å²) in [4.78, 5) is 21.7. The number of carboxylic acid groups (broad SMARTS) is 1. The summed E-state index contributed by atoms with van der Waals surface area (Å²) in [6.45, 7) is 1.54. The second kappa shape index (κ2) is 6.02. The van der Waals surface area contributed by atoms with Crippen molar-refractivity contribution >= 4 is 45.0 Å². The number of hydrogen-bond donors (Lipinski definition) is 3. The van der Waals surface area contributed by atoms with Crippen molar-refractivity contribution in [1.82, 2.24) is 5.43 Å². The molecular weight excluding hydrogens is 352 g/mol. The summed E-state index contributed by atoms with van der Waals surface area (Å²) < 4.78 is 31.4. The van der Waals surface area contributed by atoms with E-state index >= 15 is 0 Å². The Morgan fingerprint density at radius 2 is 2.09 bits per heavy atom. The third-order valence-corrected chi connectivity index (χ3v) is 4.02. The van der Waals surface area contributed by atoms with Crippen LogP contribution in [0.15, 0.2) is 32.4 Å². The molecule has 12 heteroatoms. The Kier molecular flexibility index (Phi) is 4.45. The number of rotatable bonds is 4. The first kappa shape index (κ1) is 17.0. The number of benzene rings is 1. The van der Waals surface area contributed by atoms with E-state index in [0.29, 0.717) is 5.71 Å². The molecule has 122 valence electrons. The first-order valence-corrected chi connectivity index (χ1v) is 7.72. The summed E-state index contributed by atoms with van der Waals surface area (Å²) in [7, 11) is -4.79. The summed E-state index contributed by atoms with van der Waals surface area (Å²) in [5.41, 5.74) is 1.63. The number of carbonyl (C=O) groups excluding carboxylic acids is 1. The van der Waals surface area contributed by atoms with Crippen molar-refractivity contribution in [2.45, 2.75) is 17.9 Å². The van der Waals surface area contributed by atoms with Crippen LogP contribution in [0.25, 0.3) is 0 Å². The van der Waals surface area contributed by atoms with Crippen LogP contribution in [-0.2, 0) is 14.9 Å². The SMILES string of the molecule is CC1=NNC(=O)C1N=Nc1cc(C(=O)O)c(S(=O)(=O)O)cc1Cl. The quantitative estimate of drug-likeness (QED) is 0.541. The lowest BCUT2D eigenvalue weighted by molar-refractivity contribution is -0.120. The van der Waals surface area contributed by atoms with Crippen LogP contribution in [0.3, 0.4) is 0 Å². The van der Waals surface area contributed by atoms with Gasteiger partial charge in [-0.15, -0.1) is 0 Å². The molecular formula is C11H9ClN4O6S. The average molecular weight is 361 g/mol. The van der Waals surface area contributed by atoms with Gasteiger partial charge in [0.2, 0.25) is 0 Å². The van der Waals surface area contributed by atoms with Gasteiger partial charge in [-0.3, -0.25) is 9.35 Å². The topological polar surface area (TPSA) is 158 Å². The number of nitrogens with one attached hydrogen (secondary N) is 1. The summed E-state index contributed by atoms with van der Waals surface area (Å²) in [6.07, 6.45) is 0. The molecule has 1 amide bonds. The zero-order chi connectivity index (χ0) is 17.4. The molecule has 1 heterocycles. The molecule has 10 nitrogen and oxygen atoms in total. The maximum atomic E-state index is 11.4. The van der Waals surface area contributed by atoms with Gasteiger partial charge in [0, 0.05) is 0 Å². The summed E-state index contributed by atoms with van der Waals surface area (Å²) in [6, 6.07) is 0.585. The summed E-state index contributed by atoms with van der Waals surface area (Å²) in [5, 5.41) is 19.8. The molecule has 0 saturated carbocycles. The molecule has 0 fully saturated rings. The highest BCUT2D eigenvalue weighted by Gasteiger charge is 2.27. The number of azo groups is 1. The zero-order valence-electron chi connectivity index (χ0n) is 11.4. The van der Waals surface area contributed by atoms with Crippen molar-refractivity contribution in [2.75, 3.05) is 0 Å². The molecule has 0 aromatic heterocycles. The van der Waals surface area contributed by atoms with Gasteiger partial charge in [0.1, 0.15) is 10.6 Å². The highest BCUT2D eigenvalue weighted by atomic mass is 35.5. The number of carboxylic acids is 1. The van der Waals surface area contributed by atoms with Gasteiger partial charge in [-0.2, -0.15) is 23.7 Å². The van der Waals surface area contributed by atoms with Crippen LogP contribution in [0.5, 0.6) is 0 Å². The van der Waals surface area contributed by atoms with Crippen molar-refractivity contribution in [3.8, 4) is 0 Å². The second-order valence-corrected chi connectivity index (χ2v) is 6.22. The molecule has 0 aliphatic carbocycles. The van der Waals surface area contributed by atoms with E-state index in [1.165, 1.54) is 6.92 Å². The van der Waals surface area contributed by atoms with Crippen LogP contribution >= 0.6 is 11.6 Å². The minimum atomic E-state index is -4.79. The van der Waals surface area contributed by atoms with Crippen molar-refractivity contribution in [2.24, 2.45) is 15.3 Å². The fraction of sp³-hybridized carbons (Fsp3) is 0.182. The minimum Gasteiger partial charge on any atom is -0.478 e. The molecule has 1 aromatic rings. The molecule has 0 saturated heterocycles. The molecule has 23 heavy (non-hydrogen) atoms. The van der Waals surface area contributed by atoms with E-state index in [1.54, 1.807) is 0 Å². The standard InChI is InChI=1S/C11H9ClN4O6S/c1-4-9(10(17)16-13-4)15-14-7-2-5(11(18)19)8(3-6(7)12)23(20,21)22/h2-3,9H,1H3,(H,16,17)(H,18,19)(H,20,21,22). The fourth-order valence-corrected chi connectivity index (χ4v) is 2.67. The Morgan fingerprint density at radius 3 is 2.57 bits per heavy atom. The smallest absolute Gasteiger partial charge is 0.337 e. The molecule has 3 N–H and O–H groups in total. The number of aromatic carboxylic acids is 1. The molecule has 2 rings (SSSR count). The van der Waals surface area contributed by atoms with Crippen LogP contribution < -0.4 is 5.43 Å². The van der Waals surface area contributed by atoms with E-state index in [2.05, 4.69) is 20.8 Å². The normalized spacial score (nSPS) is 18.1. The number of carbonyl (C=O) groups is 2. The number of amides is 1. The zero-order valence-corrected chi connectivity index (χ0v) is 13.0. The van der Waals surface area contributed by atoms with E-state index in [9.17, 15) is 18.0 Å².